The van der Waals surface area contributed by atoms with Crippen molar-refractivity contribution in [2.75, 3.05) is 13.6 Å². The highest BCUT2D eigenvalue weighted by atomic mass is 19.4. The topological polar surface area (TPSA) is 61.9 Å². The largest absolute Gasteiger partial charge is 0.444 e. The number of alkyl carbamates (subject to hydrolysis) is 1. The van der Waals surface area contributed by atoms with Crippen molar-refractivity contribution in [2.24, 2.45) is 0 Å². The first-order valence-corrected chi connectivity index (χ1v) is 12.8. The van der Waals surface area contributed by atoms with Gasteiger partial charge in [0.15, 0.2) is 0 Å². The lowest BCUT2D eigenvalue weighted by Crippen LogP contribution is -2.55. The van der Waals surface area contributed by atoms with Gasteiger partial charge in [0.1, 0.15) is 5.60 Å². The summed E-state index contributed by atoms with van der Waals surface area (Å²) >= 11 is 0. The number of likely N-dealkylation sites (tertiary alicyclic amines) is 1. The molecule has 0 aromatic heterocycles. The Kier molecular flexibility index (Phi) is 9.00. The summed E-state index contributed by atoms with van der Waals surface area (Å²) in [7, 11) is 1.33. The number of hydrogen-bond donors (Lipinski definition) is 1. The molecule has 1 saturated heterocycles. The maximum Gasteiger partial charge on any atom is 0.416 e. The molecule has 12 heteroatoms. The van der Waals surface area contributed by atoms with Crippen LogP contribution < -0.4 is 5.32 Å². The zero-order valence-corrected chi connectivity index (χ0v) is 22.9. The third-order valence-corrected chi connectivity index (χ3v) is 6.70. The number of carbonyl (C=O) groups is 2. The van der Waals surface area contributed by atoms with Crippen LogP contribution in [0.5, 0.6) is 0 Å². The number of rotatable bonds is 4. The van der Waals surface area contributed by atoms with Crippen molar-refractivity contribution in [1.29, 1.82) is 0 Å². The van der Waals surface area contributed by atoms with Gasteiger partial charge in [0.05, 0.1) is 29.3 Å². The van der Waals surface area contributed by atoms with E-state index < -0.39 is 59.3 Å². The molecule has 3 unspecified atom stereocenters. The Bertz CT molecular complexity index is 1160. The van der Waals surface area contributed by atoms with Crippen LogP contribution in [0.4, 0.5) is 35.9 Å². The van der Waals surface area contributed by atoms with Gasteiger partial charge in [0.25, 0.3) is 0 Å². The van der Waals surface area contributed by atoms with Crippen molar-refractivity contribution in [3.63, 3.8) is 0 Å². The molecule has 3 atom stereocenters. The molecule has 2 aromatic rings. The summed E-state index contributed by atoms with van der Waals surface area (Å²) in [4.78, 5) is 29.0. The van der Waals surface area contributed by atoms with Crippen LogP contribution in [0.3, 0.4) is 0 Å². The molecule has 0 aliphatic carbocycles. The third kappa shape index (κ3) is 7.60. The lowest BCUT2D eigenvalue weighted by atomic mass is 9.90. The van der Waals surface area contributed by atoms with Gasteiger partial charge in [-0.25, -0.2) is 9.59 Å². The molecule has 0 radical (unpaired) electrons. The summed E-state index contributed by atoms with van der Waals surface area (Å²) in [5.41, 5.74) is -3.27. The number of nitrogens with zero attached hydrogens (tertiary/aromatic N) is 2. The van der Waals surface area contributed by atoms with Crippen LogP contribution in [-0.2, 0) is 17.1 Å². The summed E-state index contributed by atoms with van der Waals surface area (Å²) in [5.74, 6) is 0. The fraction of sp³-hybridized carbons (Fsp3) is 0.500. The normalized spacial score (nSPS) is 19.1. The summed E-state index contributed by atoms with van der Waals surface area (Å²) < 4.78 is 86.0. The second-order valence-electron chi connectivity index (χ2n) is 10.9. The molecule has 1 fully saturated rings. The standard InChI is InChI=1S/C28H33F6N3O3/c1-17(19-14-20(27(29,30)31)16-21(15-19)28(32,33)34)36(5)25(39)37-13-9-12-22(35-24(38)40-26(2,3)4)23(37)18-10-7-6-8-11-18/h6-8,10-11,14-17,22-23H,9,12-13H2,1-5H3,(H,35,38). The second kappa shape index (κ2) is 11.6. The van der Waals surface area contributed by atoms with Crippen LogP contribution in [-0.4, -0.2) is 47.2 Å². The number of alkyl halides is 6. The number of ether oxygens (including phenoxy) is 1. The Morgan fingerprint density at radius 3 is 2.02 bits per heavy atom. The van der Waals surface area contributed by atoms with Crippen molar-refractivity contribution < 1.29 is 40.7 Å². The van der Waals surface area contributed by atoms with E-state index in [9.17, 15) is 35.9 Å². The number of nitrogens with one attached hydrogen (secondary N) is 1. The van der Waals surface area contributed by atoms with E-state index in [4.69, 9.17) is 4.74 Å². The molecule has 1 N–H and O–H groups in total. The third-order valence-electron chi connectivity index (χ3n) is 6.70. The zero-order valence-electron chi connectivity index (χ0n) is 22.9. The lowest BCUT2D eigenvalue weighted by Gasteiger charge is -2.44. The van der Waals surface area contributed by atoms with E-state index in [1.54, 1.807) is 51.1 Å². The molecule has 0 spiro atoms. The number of piperidine rings is 1. The summed E-state index contributed by atoms with van der Waals surface area (Å²) in [6.45, 7) is 6.77. The molecule has 1 aliphatic heterocycles. The number of urea groups is 1. The zero-order chi connectivity index (χ0) is 30.0. The molecule has 3 amide bonds. The smallest absolute Gasteiger partial charge is 0.416 e. The van der Waals surface area contributed by atoms with Crippen LogP contribution in [0.25, 0.3) is 0 Å². The number of amides is 3. The van der Waals surface area contributed by atoms with Crippen molar-refractivity contribution in [3.8, 4) is 0 Å². The highest BCUT2D eigenvalue weighted by Crippen LogP contribution is 2.39. The van der Waals surface area contributed by atoms with Crippen LogP contribution in [0.15, 0.2) is 48.5 Å². The number of carbonyl (C=O) groups excluding carboxylic acids is 2. The molecule has 40 heavy (non-hydrogen) atoms. The van der Waals surface area contributed by atoms with E-state index in [1.165, 1.54) is 18.9 Å². The quantitative estimate of drug-likeness (QED) is 0.384. The minimum absolute atomic E-state index is 0.0566. The van der Waals surface area contributed by atoms with Crippen LogP contribution >= 0.6 is 0 Å². The first-order valence-electron chi connectivity index (χ1n) is 12.8. The van der Waals surface area contributed by atoms with Gasteiger partial charge in [-0.2, -0.15) is 26.3 Å². The van der Waals surface area contributed by atoms with Gasteiger partial charge >= 0.3 is 24.5 Å². The fourth-order valence-corrected chi connectivity index (χ4v) is 4.69. The molecule has 1 heterocycles. The molecule has 220 valence electrons. The Morgan fingerprint density at radius 1 is 0.975 bits per heavy atom. The van der Waals surface area contributed by atoms with E-state index in [-0.39, 0.29) is 18.2 Å². The Labute approximate surface area is 229 Å². The first kappa shape index (κ1) is 31.1. The minimum atomic E-state index is -5.01. The number of benzene rings is 2. The van der Waals surface area contributed by atoms with E-state index in [0.717, 1.165) is 4.90 Å². The Hall–Kier alpha value is -3.44. The van der Waals surface area contributed by atoms with Gasteiger partial charge in [-0.1, -0.05) is 30.3 Å². The average molecular weight is 574 g/mol. The van der Waals surface area contributed by atoms with E-state index in [1.807, 2.05) is 0 Å². The van der Waals surface area contributed by atoms with Crippen LogP contribution in [0.2, 0.25) is 0 Å². The molecular formula is C28H33F6N3O3. The van der Waals surface area contributed by atoms with Crippen LogP contribution in [0, 0.1) is 0 Å². The molecule has 6 nitrogen and oxygen atoms in total. The van der Waals surface area contributed by atoms with Gasteiger partial charge in [-0.15, -0.1) is 0 Å². The van der Waals surface area contributed by atoms with Crippen molar-refractivity contribution >= 4 is 12.1 Å². The number of hydrogen-bond acceptors (Lipinski definition) is 3. The Morgan fingerprint density at radius 2 is 1.52 bits per heavy atom. The molecule has 2 aromatic carbocycles. The van der Waals surface area contributed by atoms with Gasteiger partial charge in [0.2, 0.25) is 0 Å². The SMILES string of the molecule is CC(c1cc(C(F)(F)F)cc(C(F)(F)F)c1)N(C)C(=O)N1CCCC(NC(=O)OC(C)(C)C)C1c1ccccc1. The van der Waals surface area contributed by atoms with Gasteiger partial charge < -0.3 is 19.9 Å². The highest BCUT2D eigenvalue weighted by Gasteiger charge is 2.41. The van der Waals surface area contributed by atoms with Crippen molar-refractivity contribution in [1.82, 2.24) is 15.1 Å². The van der Waals surface area contributed by atoms with E-state index >= 15 is 0 Å². The maximum atomic E-state index is 13.8. The highest BCUT2D eigenvalue weighted by molar-refractivity contribution is 5.76. The average Bonchev–Trinajstić information content (AvgIpc) is 2.85. The van der Waals surface area contributed by atoms with Crippen molar-refractivity contribution in [3.05, 3.63) is 70.8 Å². The van der Waals surface area contributed by atoms with Crippen molar-refractivity contribution in [2.45, 2.75) is 76.6 Å². The van der Waals surface area contributed by atoms with Crippen LogP contribution in [0.1, 0.15) is 74.9 Å². The second-order valence-corrected chi connectivity index (χ2v) is 10.9. The van der Waals surface area contributed by atoms with Gasteiger partial charge in [-0.05, 0) is 69.9 Å². The predicted molar refractivity (Wildman–Crippen MR) is 136 cm³/mol. The fourth-order valence-electron chi connectivity index (χ4n) is 4.69. The van der Waals surface area contributed by atoms with E-state index in [0.29, 0.717) is 30.5 Å². The molecular weight excluding hydrogens is 540 g/mol. The first-order chi connectivity index (χ1) is 18.4. The van der Waals surface area contributed by atoms with Gasteiger partial charge in [-0.3, -0.25) is 0 Å². The molecule has 1 aliphatic rings. The Balaban J connectivity index is 1.95. The predicted octanol–water partition coefficient (Wildman–Crippen LogP) is 7.57. The van der Waals surface area contributed by atoms with Gasteiger partial charge in [0, 0.05) is 13.6 Å². The lowest BCUT2D eigenvalue weighted by molar-refractivity contribution is -0.143. The molecule has 0 saturated carbocycles. The molecule has 3 rings (SSSR count). The molecule has 0 bridgehead atoms. The number of halogens is 6. The summed E-state index contributed by atoms with van der Waals surface area (Å²) in [6.07, 6.45) is -9.67. The summed E-state index contributed by atoms with van der Waals surface area (Å²) in [6, 6.07) is 7.25. The minimum Gasteiger partial charge on any atom is -0.444 e. The maximum absolute atomic E-state index is 13.8. The summed E-state index contributed by atoms with van der Waals surface area (Å²) in [5, 5.41) is 2.83. The monoisotopic (exact) mass is 573 g/mol. The van der Waals surface area contributed by atoms with E-state index in [2.05, 4.69) is 5.32 Å².